The molecule has 0 heterocycles. The van der Waals surface area contributed by atoms with Crippen LogP contribution in [0.4, 0.5) is 0 Å². The smallest absolute Gasteiger partial charge is 0.139 e. The minimum absolute atomic E-state index is 0.0308. The van der Waals surface area contributed by atoms with Crippen LogP contribution in [-0.2, 0) is 4.79 Å². The van der Waals surface area contributed by atoms with Crippen LogP contribution in [0.15, 0.2) is 0 Å². The van der Waals surface area contributed by atoms with E-state index < -0.39 is 0 Å². The predicted octanol–water partition coefficient (Wildman–Crippen LogP) is 6.12. The number of aliphatic hydroxyl groups is 1. The van der Waals surface area contributed by atoms with Crippen molar-refractivity contribution in [2.24, 2.45) is 52.8 Å². The third kappa shape index (κ3) is 3.65. The van der Waals surface area contributed by atoms with Crippen LogP contribution in [0.25, 0.3) is 0 Å². The Labute approximate surface area is 167 Å². The first-order valence-corrected chi connectivity index (χ1v) is 11.9. The zero-order chi connectivity index (χ0) is 19.8. The van der Waals surface area contributed by atoms with Crippen LogP contribution in [-0.4, -0.2) is 18.0 Å². The lowest BCUT2D eigenvalue weighted by Gasteiger charge is -2.49. The summed E-state index contributed by atoms with van der Waals surface area (Å²) in [5.74, 6) is 7.54. The van der Waals surface area contributed by atoms with Gasteiger partial charge in [-0.05, 0) is 85.9 Å². The fourth-order valence-electron chi connectivity index (χ4n) is 8.40. The van der Waals surface area contributed by atoms with Gasteiger partial charge < -0.3 is 5.11 Å². The third-order valence-corrected chi connectivity index (χ3v) is 9.58. The molecule has 0 spiro atoms. The summed E-state index contributed by atoms with van der Waals surface area (Å²) in [5.41, 5.74) is 0.0308. The summed E-state index contributed by atoms with van der Waals surface area (Å²) in [6.07, 6.45) is 13.6. The van der Waals surface area contributed by atoms with Crippen molar-refractivity contribution in [3.8, 4) is 0 Å². The van der Waals surface area contributed by atoms with Gasteiger partial charge in [-0.15, -0.1) is 0 Å². The van der Waals surface area contributed by atoms with Crippen molar-refractivity contribution in [2.45, 2.75) is 91.9 Å². The Bertz CT molecular complexity index is 514. The van der Waals surface area contributed by atoms with Crippen LogP contribution >= 0.6 is 0 Å². The van der Waals surface area contributed by atoms with Crippen LogP contribution < -0.4 is 0 Å². The van der Waals surface area contributed by atoms with Gasteiger partial charge in [0.1, 0.15) is 5.78 Å². The molecule has 1 N–H and O–H groups in total. The largest absolute Gasteiger partial charge is 0.400 e. The predicted molar refractivity (Wildman–Crippen MR) is 112 cm³/mol. The number of hydrogen-bond acceptors (Lipinski definition) is 2. The monoisotopic (exact) mass is 376 g/mol. The van der Waals surface area contributed by atoms with Crippen LogP contribution in [0.3, 0.4) is 0 Å². The summed E-state index contributed by atoms with van der Waals surface area (Å²) in [6, 6.07) is 0. The van der Waals surface area contributed by atoms with E-state index in [1.165, 1.54) is 57.8 Å². The second-order valence-corrected chi connectivity index (χ2v) is 10.7. The highest BCUT2D eigenvalue weighted by atomic mass is 16.2. The maximum absolute atomic E-state index is 12.8. The molecular formula is C25H44O2. The number of carbonyl (C=O) groups excluding carboxylic acids is 1. The van der Waals surface area contributed by atoms with Crippen LogP contribution in [0.5, 0.6) is 0 Å². The average molecular weight is 377 g/mol. The molecule has 0 amide bonds. The summed E-state index contributed by atoms with van der Waals surface area (Å²) >= 11 is 0. The first-order chi connectivity index (χ1) is 13.0. The second kappa shape index (κ2) is 8.56. The molecule has 4 aliphatic rings. The highest BCUT2D eigenvalue weighted by Crippen LogP contribution is 2.62. The van der Waals surface area contributed by atoms with Crippen molar-refractivity contribution < 1.29 is 9.90 Å². The lowest BCUT2D eigenvalue weighted by molar-refractivity contribution is -0.131. The Kier molecular flexibility index (Phi) is 6.76. The van der Waals surface area contributed by atoms with E-state index in [-0.39, 0.29) is 5.41 Å². The lowest BCUT2D eigenvalue weighted by Crippen LogP contribution is -2.45. The number of fused-ring (bicyclic) bond motifs is 6. The number of carbonyl (C=O) groups is 1. The summed E-state index contributed by atoms with van der Waals surface area (Å²) in [4.78, 5) is 12.8. The minimum atomic E-state index is 0.0308. The topological polar surface area (TPSA) is 37.3 Å². The normalized spacial score (nSPS) is 49.2. The molecule has 0 radical (unpaired) electrons. The van der Waals surface area contributed by atoms with Gasteiger partial charge in [0.2, 0.25) is 0 Å². The standard InChI is InChI=1S/C24H40O.CH4O/c1-5-6-17-7-9-19-16(3)18(14-17)8-10-21-20(19)11-12-24(4)22(25)13-15(2)23(21)24;1-2/h15-21,23H,5-14H2,1-4H3;2H,1H3. The van der Waals surface area contributed by atoms with E-state index in [0.29, 0.717) is 17.6 Å². The van der Waals surface area contributed by atoms with Crippen molar-refractivity contribution in [1.82, 2.24) is 0 Å². The van der Waals surface area contributed by atoms with E-state index in [4.69, 9.17) is 5.11 Å². The second-order valence-electron chi connectivity index (χ2n) is 10.7. The summed E-state index contributed by atoms with van der Waals surface area (Å²) in [7, 11) is 1.00. The van der Waals surface area contributed by atoms with Gasteiger partial charge in [0.15, 0.2) is 0 Å². The molecule has 4 saturated carbocycles. The SMILES string of the molecule is CCCC1CCC2C(C)C(CCC3C2CCC2(C)C(=O)CC(C)C32)C1.CO. The fourth-order valence-corrected chi connectivity index (χ4v) is 8.40. The van der Waals surface area contributed by atoms with Gasteiger partial charge in [-0.2, -0.15) is 0 Å². The van der Waals surface area contributed by atoms with Gasteiger partial charge in [0.05, 0.1) is 0 Å². The number of hydrogen-bond donors (Lipinski definition) is 1. The quantitative estimate of drug-likeness (QED) is 0.631. The first kappa shape index (κ1) is 21.3. The van der Waals surface area contributed by atoms with Crippen molar-refractivity contribution in [3.05, 3.63) is 0 Å². The Morgan fingerprint density at radius 3 is 2.41 bits per heavy atom. The molecule has 2 bridgehead atoms. The molecule has 4 aliphatic carbocycles. The van der Waals surface area contributed by atoms with Gasteiger partial charge in [0, 0.05) is 18.9 Å². The summed E-state index contributed by atoms with van der Waals surface area (Å²) in [5, 5.41) is 7.00. The first-order valence-electron chi connectivity index (χ1n) is 11.9. The van der Waals surface area contributed by atoms with Crippen molar-refractivity contribution in [1.29, 1.82) is 0 Å². The van der Waals surface area contributed by atoms with E-state index in [1.54, 1.807) is 0 Å². The fraction of sp³-hybridized carbons (Fsp3) is 0.960. The molecule has 4 rings (SSSR count). The maximum Gasteiger partial charge on any atom is 0.139 e. The zero-order valence-electron chi connectivity index (χ0n) is 18.5. The van der Waals surface area contributed by atoms with Crippen molar-refractivity contribution >= 4 is 5.78 Å². The molecule has 4 fully saturated rings. The molecule has 2 nitrogen and oxygen atoms in total. The van der Waals surface area contributed by atoms with Gasteiger partial charge >= 0.3 is 0 Å². The van der Waals surface area contributed by atoms with E-state index in [0.717, 1.165) is 49.0 Å². The number of rotatable bonds is 2. The van der Waals surface area contributed by atoms with Crippen LogP contribution in [0.1, 0.15) is 91.9 Å². The molecule has 27 heavy (non-hydrogen) atoms. The summed E-state index contributed by atoms with van der Waals surface area (Å²) < 4.78 is 0. The number of aliphatic hydroxyl groups excluding tert-OH is 1. The Balaban J connectivity index is 0.00000102. The van der Waals surface area contributed by atoms with Crippen molar-refractivity contribution in [3.63, 3.8) is 0 Å². The van der Waals surface area contributed by atoms with E-state index in [9.17, 15) is 4.79 Å². The molecule has 0 aromatic heterocycles. The molecule has 156 valence electrons. The average Bonchev–Trinajstić information content (AvgIpc) is 2.77. The number of ketones is 1. The maximum atomic E-state index is 12.8. The molecular weight excluding hydrogens is 332 g/mol. The molecule has 2 heteroatoms. The van der Waals surface area contributed by atoms with Gasteiger partial charge in [-0.25, -0.2) is 0 Å². The van der Waals surface area contributed by atoms with Crippen molar-refractivity contribution in [2.75, 3.05) is 7.11 Å². The van der Waals surface area contributed by atoms with Gasteiger partial charge in [-0.3, -0.25) is 4.79 Å². The Hall–Kier alpha value is -0.370. The van der Waals surface area contributed by atoms with E-state index >= 15 is 0 Å². The van der Waals surface area contributed by atoms with Crippen LogP contribution in [0.2, 0.25) is 0 Å². The molecule has 0 aliphatic heterocycles. The van der Waals surface area contributed by atoms with Gasteiger partial charge in [-0.1, -0.05) is 47.0 Å². The number of Topliss-reactive ketones (excluding diaryl/α,β-unsaturated/α-hetero) is 1. The third-order valence-electron chi connectivity index (χ3n) is 9.58. The zero-order valence-corrected chi connectivity index (χ0v) is 18.5. The molecule has 0 aromatic rings. The van der Waals surface area contributed by atoms with Gasteiger partial charge in [0.25, 0.3) is 0 Å². The molecule has 9 unspecified atom stereocenters. The minimum Gasteiger partial charge on any atom is -0.400 e. The van der Waals surface area contributed by atoms with Crippen LogP contribution in [0, 0.1) is 52.8 Å². The molecule has 0 saturated heterocycles. The Morgan fingerprint density at radius 2 is 1.70 bits per heavy atom. The van der Waals surface area contributed by atoms with E-state index in [1.807, 2.05) is 0 Å². The lowest BCUT2D eigenvalue weighted by atomic mass is 9.55. The highest BCUT2D eigenvalue weighted by molar-refractivity contribution is 5.87. The molecule has 9 atom stereocenters. The highest BCUT2D eigenvalue weighted by Gasteiger charge is 2.58. The van der Waals surface area contributed by atoms with E-state index in [2.05, 4.69) is 27.7 Å². The summed E-state index contributed by atoms with van der Waals surface area (Å²) in [6.45, 7) is 9.69. The Morgan fingerprint density at radius 1 is 1.00 bits per heavy atom. The molecule has 0 aromatic carbocycles.